The van der Waals surface area contributed by atoms with Crippen LogP contribution in [-0.4, -0.2) is 19.7 Å². The van der Waals surface area contributed by atoms with Crippen LogP contribution >= 0.6 is 15.9 Å². The zero-order valence-electron chi connectivity index (χ0n) is 12.3. The molecule has 0 radical (unpaired) electrons. The van der Waals surface area contributed by atoms with E-state index in [1.807, 2.05) is 24.3 Å². The van der Waals surface area contributed by atoms with Crippen molar-refractivity contribution in [2.45, 2.75) is 4.90 Å². The van der Waals surface area contributed by atoms with Gasteiger partial charge in [0.05, 0.1) is 11.1 Å². The number of hydrazone groups is 1. The molecule has 0 unspecified atom stereocenters. The Kier molecular flexibility index (Phi) is 4.55. The van der Waals surface area contributed by atoms with E-state index in [2.05, 4.69) is 25.9 Å². The van der Waals surface area contributed by atoms with Crippen molar-refractivity contribution in [3.05, 3.63) is 70.7 Å². The number of sulfonamides is 1. The van der Waals surface area contributed by atoms with Crippen LogP contribution < -0.4 is 4.83 Å². The van der Waals surface area contributed by atoms with E-state index in [1.165, 1.54) is 18.3 Å². The molecular weight excluding hydrogens is 392 g/mol. The van der Waals surface area contributed by atoms with Crippen molar-refractivity contribution in [1.82, 2.24) is 4.83 Å². The Morgan fingerprint density at radius 3 is 2.46 bits per heavy atom. The molecule has 122 valence electrons. The van der Waals surface area contributed by atoms with Gasteiger partial charge < -0.3 is 5.11 Å². The lowest BCUT2D eigenvalue weighted by atomic mass is 10.0. The van der Waals surface area contributed by atoms with Crippen molar-refractivity contribution in [1.29, 1.82) is 0 Å². The van der Waals surface area contributed by atoms with Crippen LogP contribution in [0.5, 0.6) is 5.75 Å². The maximum atomic E-state index is 12.2. The Balaban J connectivity index is 1.89. The van der Waals surface area contributed by atoms with Gasteiger partial charge in [0.15, 0.2) is 0 Å². The van der Waals surface area contributed by atoms with E-state index >= 15 is 0 Å². The minimum atomic E-state index is -3.76. The average Bonchev–Trinajstić information content (AvgIpc) is 2.57. The first-order valence-electron chi connectivity index (χ1n) is 6.98. The summed E-state index contributed by atoms with van der Waals surface area (Å²) in [6, 6.07) is 17.0. The van der Waals surface area contributed by atoms with E-state index in [1.54, 1.807) is 24.3 Å². The third-order valence-electron chi connectivity index (χ3n) is 3.44. The SMILES string of the molecule is O=S(=O)(NN=Cc1c(O)ccc2ccccc12)c1ccc(Br)cc1. The summed E-state index contributed by atoms with van der Waals surface area (Å²) in [6.07, 6.45) is 1.30. The number of phenolic OH excluding ortho intramolecular Hbond substituents is 1. The second kappa shape index (κ2) is 6.62. The van der Waals surface area contributed by atoms with Crippen LogP contribution in [0.25, 0.3) is 10.8 Å². The van der Waals surface area contributed by atoms with E-state index in [-0.39, 0.29) is 10.6 Å². The van der Waals surface area contributed by atoms with Crippen molar-refractivity contribution >= 4 is 42.9 Å². The summed E-state index contributed by atoms with van der Waals surface area (Å²) in [4.78, 5) is 2.25. The summed E-state index contributed by atoms with van der Waals surface area (Å²) in [6.45, 7) is 0. The van der Waals surface area contributed by atoms with Crippen molar-refractivity contribution < 1.29 is 13.5 Å². The van der Waals surface area contributed by atoms with E-state index in [9.17, 15) is 13.5 Å². The molecule has 0 aliphatic rings. The Morgan fingerprint density at radius 2 is 1.71 bits per heavy atom. The molecule has 0 aromatic heterocycles. The van der Waals surface area contributed by atoms with Gasteiger partial charge in [0, 0.05) is 10.0 Å². The van der Waals surface area contributed by atoms with E-state index in [0.29, 0.717) is 5.56 Å². The molecule has 0 saturated heterocycles. The number of hydrogen-bond donors (Lipinski definition) is 2. The lowest BCUT2D eigenvalue weighted by molar-refractivity contribution is 0.475. The highest BCUT2D eigenvalue weighted by molar-refractivity contribution is 9.10. The fourth-order valence-corrected chi connectivity index (χ4v) is 3.30. The van der Waals surface area contributed by atoms with Crippen molar-refractivity contribution in [2.75, 3.05) is 0 Å². The van der Waals surface area contributed by atoms with Gasteiger partial charge in [0.25, 0.3) is 10.0 Å². The maximum Gasteiger partial charge on any atom is 0.276 e. The molecule has 0 aliphatic carbocycles. The predicted octanol–water partition coefficient (Wildman–Crippen LogP) is 3.62. The van der Waals surface area contributed by atoms with Gasteiger partial charge in [-0.05, 0) is 41.1 Å². The summed E-state index contributed by atoms with van der Waals surface area (Å²) in [7, 11) is -3.76. The van der Waals surface area contributed by atoms with Crippen molar-refractivity contribution in [3.8, 4) is 5.75 Å². The first-order chi connectivity index (χ1) is 11.5. The molecule has 0 bridgehead atoms. The molecule has 24 heavy (non-hydrogen) atoms. The van der Waals surface area contributed by atoms with Crippen LogP contribution in [0.3, 0.4) is 0 Å². The second-order valence-electron chi connectivity index (χ2n) is 5.03. The number of hydrogen-bond acceptors (Lipinski definition) is 4. The average molecular weight is 405 g/mol. The Bertz CT molecular complexity index is 1020. The van der Waals surface area contributed by atoms with E-state index in [4.69, 9.17) is 0 Å². The molecular formula is C17H13BrN2O3S. The number of nitrogens with zero attached hydrogens (tertiary/aromatic N) is 1. The van der Waals surface area contributed by atoms with Crippen LogP contribution in [0.15, 0.2) is 75.1 Å². The molecule has 0 heterocycles. The summed E-state index contributed by atoms with van der Waals surface area (Å²) in [5, 5.41) is 15.5. The van der Waals surface area contributed by atoms with Gasteiger partial charge in [0.2, 0.25) is 0 Å². The number of aromatic hydroxyl groups is 1. The first-order valence-corrected chi connectivity index (χ1v) is 9.26. The van der Waals surface area contributed by atoms with E-state index < -0.39 is 10.0 Å². The third kappa shape index (κ3) is 3.42. The monoisotopic (exact) mass is 404 g/mol. The van der Waals surface area contributed by atoms with Gasteiger partial charge in [-0.1, -0.05) is 46.3 Å². The number of benzene rings is 3. The quantitative estimate of drug-likeness (QED) is 0.514. The predicted molar refractivity (Wildman–Crippen MR) is 97.7 cm³/mol. The highest BCUT2D eigenvalue weighted by Crippen LogP contribution is 2.25. The highest BCUT2D eigenvalue weighted by atomic mass is 79.9. The maximum absolute atomic E-state index is 12.2. The normalized spacial score (nSPS) is 11.9. The largest absolute Gasteiger partial charge is 0.507 e. The zero-order chi connectivity index (χ0) is 17.2. The Morgan fingerprint density at radius 1 is 1.00 bits per heavy atom. The summed E-state index contributed by atoms with van der Waals surface area (Å²) in [5.74, 6) is 0.0280. The summed E-state index contributed by atoms with van der Waals surface area (Å²) in [5.41, 5.74) is 0.451. The van der Waals surface area contributed by atoms with Gasteiger partial charge in [-0.2, -0.15) is 13.5 Å². The summed E-state index contributed by atoms with van der Waals surface area (Å²) < 4.78 is 25.1. The smallest absolute Gasteiger partial charge is 0.276 e. The molecule has 0 amide bonds. The van der Waals surface area contributed by atoms with E-state index in [0.717, 1.165) is 15.2 Å². The minimum absolute atomic E-state index is 0.0280. The van der Waals surface area contributed by atoms with Gasteiger partial charge in [0.1, 0.15) is 5.75 Å². The minimum Gasteiger partial charge on any atom is -0.507 e. The molecule has 0 aliphatic heterocycles. The van der Waals surface area contributed by atoms with Crippen LogP contribution in [0.2, 0.25) is 0 Å². The lowest BCUT2D eigenvalue weighted by Gasteiger charge is -2.06. The van der Waals surface area contributed by atoms with Gasteiger partial charge in [-0.15, -0.1) is 0 Å². The van der Waals surface area contributed by atoms with Gasteiger partial charge in [-0.25, -0.2) is 4.83 Å². The Labute approximate surface area is 147 Å². The summed E-state index contributed by atoms with van der Waals surface area (Å²) >= 11 is 3.25. The first kappa shape index (κ1) is 16.5. The van der Waals surface area contributed by atoms with Crippen LogP contribution in [0, 0.1) is 0 Å². The number of nitrogens with one attached hydrogen (secondary N) is 1. The zero-order valence-corrected chi connectivity index (χ0v) is 14.8. The molecule has 3 aromatic rings. The lowest BCUT2D eigenvalue weighted by Crippen LogP contribution is -2.18. The second-order valence-corrected chi connectivity index (χ2v) is 7.60. The highest BCUT2D eigenvalue weighted by Gasteiger charge is 2.12. The van der Waals surface area contributed by atoms with Crippen LogP contribution in [-0.2, 0) is 10.0 Å². The standard InChI is InChI=1S/C17H13BrN2O3S/c18-13-6-8-14(9-7-13)24(22,23)20-19-11-16-15-4-2-1-3-12(15)5-10-17(16)21/h1-11,20-21H. The fourth-order valence-electron chi connectivity index (χ4n) is 2.25. The number of fused-ring (bicyclic) bond motifs is 1. The van der Waals surface area contributed by atoms with Crippen molar-refractivity contribution in [3.63, 3.8) is 0 Å². The molecule has 0 atom stereocenters. The fraction of sp³-hybridized carbons (Fsp3) is 0. The molecule has 5 nitrogen and oxygen atoms in total. The molecule has 0 fully saturated rings. The van der Waals surface area contributed by atoms with Gasteiger partial charge >= 0.3 is 0 Å². The molecule has 3 aromatic carbocycles. The molecule has 7 heteroatoms. The van der Waals surface area contributed by atoms with Gasteiger partial charge in [-0.3, -0.25) is 0 Å². The van der Waals surface area contributed by atoms with Crippen LogP contribution in [0.4, 0.5) is 0 Å². The molecule has 2 N–H and O–H groups in total. The van der Waals surface area contributed by atoms with Crippen molar-refractivity contribution in [2.24, 2.45) is 5.10 Å². The number of halogens is 1. The third-order valence-corrected chi connectivity index (χ3v) is 5.21. The Hall–Kier alpha value is -2.38. The molecule has 3 rings (SSSR count). The molecule has 0 saturated carbocycles. The van der Waals surface area contributed by atoms with Crippen LogP contribution in [0.1, 0.15) is 5.56 Å². The number of phenols is 1. The topological polar surface area (TPSA) is 78.8 Å². The molecule has 0 spiro atoms. The number of rotatable bonds is 4.